The predicted molar refractivity (Wildman–Crippen MR) is 64.9 cm³/mol. The number of anilines is 1. The van der Waals surface area contributed by atoms with Gasteiger partial charge in [0.1, 0.15) is 12.1 Å². The number of fused-ring (bicyclic) bond motifs is 1. The van der Waals surface area contributed by atoms with E-state index in [1.54, 1.807) is 4.90 Å². The van der Waals surface area contributed by atoms with Crippen LogP contribution in [0.25, 0.3) is 10.9 Å². The van der Waals surface area contributed by atoms with Crippen LogP contribution in [-0.2, 0) is 4.79 Å². The molecule has 0 amide bonds. The van der Waals surface area contributed by atoms with Gasteiger partial charge in [0.2, 0.25) is 0 Å². The van der Waals surface area contributed by atoms with E-state index >= 15 is 0 Å². The number of para-hydroxylation sites is 1. The molecule has 18 heavy (non-hydrogen) atoms. The van der Waals surface area contributed by atoms with E-state index in [2.05, 4.69) is 9.97 Å². The smallest absolute Gasteiger partial charge is 0.140 e. The Morgan fingerprint density at radius 1 is 1.33 bits per heavy atom. The Labute approximate surface area is 104 Å². The van der Waals surface area contributed by atoms with E-state index in [1.165, 1.54) is 6.33 Å². The zero-order valence-electron chi connectivity index (χ0n) is 9.74. The van der Waals surface area contributed by atoms with E-state index in [0.29, 0.717) is 18.8 Å². The van der Waals surface area contributed by atoms with Gasteiger partial charge in [-0.1, -0.05) is 12.1 Å². The van der Waals surface area contributed by atoms with Crippen molar-refractivity contribution in [2.45, 2.75) is 18.9 Å². The molecule has 1 saturated heterocycles. The predicted octanol–water partition coefficient (Wildman–Crippen LogP) is 0.348. The first-order valence-corrected chi connectivity index (χ1v) is 5.94. The van der Waals surface area contributed by atoms with Gasteiger partial charge in [0.15, 0.2) is 0 Å². The van der Waals surface area contributed by atoms with Crippen LogP contribution < -0.4 is 10.0 Å². The molecule has 0 unspecified atom stereocenters. The molecule has 3 rings (SSSR count). The van der Waals surface area contributed by atoms with E-state index in [9.17, 15) is 9.90 Å². The number of carboxylic acids is 1. The van der Waals surface area contributed by atoms with Crippen LogP contribution in [0.3, 0.4) is 0 Å². The van der Waals surface area contributed by atoms with Gasteiger partial charge in [-0.3, -0.25) is 0 Å². The summed E-state index contributed by atoms with van der Waals surface area (Å²) in [6.45, 7) is 0.694. The number of rotatable bonds is 2. The third-order valence-corrected chi connectivity index (χ3v) is 3.32. The quantitative estimate of drug-likeness (QED) is 0.760. The lowest BCUT2D eigenvalue weighted by Crippen LogP contribution is -2.44. The van der Waals surface area contributed by atoms with Crippen LogP contribution in [0, 0.1) is 0 Å². The fourth-order valence-electron chi connectivity index (χ4n) is 2.48. The fraction of sp³-hybridized carbons (Fsp3) is 0.308. The first-order valence-electron chi connectivity index (χ1n) is 5.94. The highest BCUT2D eigenvalue weighted by molar-refractivity contribution is 5.91. The summed E-state index contributed by atoms with van der Waals surface area (Å²) in [7, 11) is 0. The maximum absolute atomic E-state index is 11.1. The van der Waals surface area contributed by atoms with Gasteiger partial charge in [0.05, 0.1) is 17.5 Å². The molecule has 0 radical (unpaired) electrons. The summed E-state index contributed by atoms with van der Waals surface area (Å²) in [6, 6.07) is 7.03. The first-order chi connectivity index (χ1) is 8.77. The highest BCUT2D eigenvalue weighted by Crippen LogP contribution is 2.28. The molecule has 1 aliphatic heterocycles. The van der Waals surface area contributed by atoms with E-state index in [0.717, 1.165) is 17.3 Å². The molecular formula is C13H12N3O2-. The molecule has 5 nitrogen and oxygen atoms in total. The van der Waals surface area contributed by atoms with Crippen LogP contribution in [0.2, 0.25) is 0 Å². The molecule has 0 N–H and O–H groups in total. The average Bonchev–Trinajstić information content (AvgIpc) is 2.87. The molecule has 2 aromatic rings. The van der Waals surface area contributed by atoms with Crippen molar-refractivity contribution in [3.63, 3.8) is 0 Å². The summed E-state index contributed by atoms with van der Waals surface area (Å²) >= 11 is 0. The topological polar surface area (TPSA) is 69.2 Å². The van der Waals surface area contributed by atoms with Crippen LogP contribution in [0.5, 0.6) is 0 Å². The number of carboxylic acid groups (broad SMARTS) is 1. The number of carbonyl (C=O) groups is 1. The minimum Gasteiger partial charge on any atom is -0.548 e. The molecule has 1 fully saturated rings. The fourth-order valence-corrected chi connectivity index (χ4v) is 2.48. The zero-order valence-corrected chi connectivity index (χ0v) is 9.74. The third kappa shape index (κ3) is 1.68. The van der Waals surface area contributed by atoms with E-state index in [-0.39, 0.29) is 0 Å². The van der Waals surface area contributed by atoms with Gasteiger partial charge in [0.25, 0.3) is 0 Å². The van der Waals surface area contributed by atoms with Crippen molar-refractivity contribution in [2.24, 2.45) is 0 Å². The standard InChI is InChI=1S/C13H13N3O2/c17-13(18)11-6-3-7-16(11)12-9-4-1-2-5-10(9)14-8-15-12/h1-2,4-5,8,11H,3,6-7H2,(H,17,18)/p-1/t11-/m1/s1. The summed E-state index contributed by atoms with van der Waals surface area (Å²) in [5.41, 5.74) is 0.825. The number of hydrogen-bond donors (Lipinski definition) is 0. The van der Waals surface area contributed by atoms with Gasteiger partial charge in [-0.05, 0) is 25.0 Å². The molecule has 0 saturated carbocycles. The summed E-state index contributed by atoms with van der Waals surface area (Å²) in [6.07, 6.45) is 2.93. The number of aliphatic carboxylic acids is 1. The van der Waals surface area contributed by atoms with Gasteiger partial charge < -0.3 is 14.8 Å². The Hall–Kier alpha value is -2.17. The van der Waals surface area contributed by atoms with Gasteiger partial charge in [-0.2, -0.15) is 0 Å². The van der Waals surface area contributed by atoms with Crippen LogP contribution in [0.15, 0.2) is 30.6 Å². The Balaban J connectivity index is 2.11. The molecule has 2 heterocycles. The molecule has 0 aliphatic carbocycles. The van der Waals surface area contributed by atoms with Crippen LogP contribution in [0.4, 0.5) is 5.82 Å². The van der Waals surface area contributed by atoms with Gasteiger partial charge in [-0.25, -0.2) is 9.97 Å². The van der Waals surface area contributed by atoms with E-state index in [1.807, 2.05) is 24.3 Å². The number of hydrogen-bond acceptors (Lipinski definition) is 5. The number of carbonyl (C=O) groups excluding carboxylic acids is 1. The second-order valence-electron chi connectivity index (χ2n) is 4.38. The van der Waals surface area contributed by atoms with E-state index < -0.39 is 12.0 Å². The second kappa shape index (κ2) is 4.25. The summed E-state index contributed by atoms with van der Waals surface area (Å²) in [5.74, 6) is -0.345. The van der Waals surface area contributed by atoms with Crippen molar-refractivity contribution in [1.82, 2.24) is 9.97 Å². The summed E-state index contributed by atoms with van der Waals surface area (Å²) in [5, 5.41) is 12.0. The molecule has 1 aliphatic rings. The van der Waals surface area contributed by atoms with Gasteiger partial charge >= 0.3 is 0 Å². The molecule has 5 heteroatoms. The lowest BCUT2D eigenvalue weighted by Gasteiger charge is -2.27. The van der Waals surface area contributed by atoms with Crippen molar-refractivity contribution in [1.29, 1.82) is 0 Å². The maximum atomic E-state index is 11.1. The minimum atomic E-state index is -1.03. The monoisotopic (exact) mass is 242 g/mol. The molecule has 0 spiro atoms. The van der Waals surface area contributed by atoms with Crippen molar-refractivity contribution < 1.29 is 9.90 Å². The van der Waals surface area contributed by atoms with Crippen LogP contribution in [-0.4, -0.2) is 28.5 Å². The third-order valence-electron chi connectivity index (χ3n) is 3.32. The highest BCUT2D eigenvalue weighted by Gasteiger charge is 2.27. The number of nitrogens with zero attached hydrogens (tertiary/aromatic N) is 3. The Morgan fingerprint density at radius 2 is 2.17 bits per heavy atom. The Kier molecular flexibility index (Phi) is 2.59. The highest BCUT2D eigenvalue weighted by atomic mass is 16.4. The molecule has 1 aromatic carbocycles. The number of aromatic nitrogens is 2. The maximum Gasteiger partial charge on any atom is 0.140 e. The molecule has 92 valence electrons. The normalized spacial score (nSPS) is 19.3. The van der Waals surface area contributed by atoms with Crippen molar-refractivity contribution >= 4 is 22.7 Å². The van der Waals surface area contributed by atoms with Gasteiger partial charge in [0, 0.05) is 11.9 Å². The lowest BCUT2D eigenvalue weighted by molar-refractivity contribution is -0.307. The Morgan fingerprint density at radius 3 is 3.00 bits per heavy atom. The van der Waals surface area contributed by atoms with Gasteiger partial charge in [-0.15, -0.1) is 0 Å². The van der Waals surface area contributed by atoms with Crippen molar-refractivity contribution in [3.8, 4) is 0 Å². The Bertz CT molecular complexity index is 594. The zero-order chi connectivity index (χ0) is 12.5. The minimum absolute atomic E-state index is 0.580. The van der Waals surface area contributed by atoms with Crippen molar-refractivity contribution in [2.75, 3.05) is 11.4 Å². The SMILES string of the molecule is O=C([O-])[C@H]1CCCN1c1ncnc2ccccc12. The van der Waals surface area contributed by atoms with Crippen LogP contribution >= 0.6 is 0 Å². The first kappa shape index (κ1) is 11.0. The molecule has 0 bridgehead atoms. The molecule has 1 atom stereocenters. The lowest BCUT2D eigenvalue weighted by atomic mass is 10.2. The number of benzene rings is 1. The van der Waals surface area contributed by atoms with Crippen LogP contribution in [0.1, 0.15) is 12.8 Å². The molecular weight excluding hydrogens is 230 g/mol. The average molecular weight is 242 g/mol. The second-order valence-corrected chi connectivity index (χ2v) is 4.38. The molecule has 1 aromatic heterocycles. The summed E-state index contributed by atoms with van der Waals surface area (Å²) in [4.78, 5) is 21.4. The van der Waals surface area contributed by atoms with Crippen molar-refractivity contribution in [3.05, 3.63) is 30.6 Å². The van der Waals surface area contributed by atoms with E-state index in [4.69, 9.17) is 0 Å². The largest absolute Gasteiger partial charge is 0.548 e. The summed E-state index contributed by atoms with van der Waals surface area (Å²) < 4.78 is 0.